The number of rotatable bonds is 3. The molecule has 0 radical (unpaired) electrons. The fourth-order valence-corrected chi connectivity index (χ4v) is 3.27. The van der Waals surface area contributed by atoms with E-state index in [0.29, 0.717) is 12.3 Å². The Morgan fingerprint density at radius 3 is 2.54 bits per heavy atom. The van der Waals surface area contributed by atoms with E-state index in [9.17, 15) is 4.79 Å². The van der Waals surface area contributed by atoms with Gasteiger partial charge in [-0.25, -0.2) is 0 Å². The first-order chi connectivity index (χ1) is 10.7. The summed E-state index contributed by atoms with van der Waals surface area (Å²) >= 11 is 0. The first-order valence-corrected chi connectivity index (χ1v) is 8.24. The summed E-state index contributed by atoms with van der Waals surface area (Å²) in [4.78, 5) is 19.0. The van der Waals surface area contributed by atoms with Crippen LogP contribution in [0.3, 0.4) is 0 Å². The Morgan fingerprint density at radius 2 is 1.79 bits per heavy atom. The van der Waals surface area contributed by atoms with Gasteiger partial charge in [0.2, 0.25) is 5.91 Å². The maximum Gasteiger partial charge on any atom is 0.223 e. The highest BCUT2D eigenvalue weighted by Gasteiger charge is 2.20. The number of amides is 1. The molecule has 0 aromatic heterocycles. The van der Waals surface area contributed by atoms with Gasteiger partial charge in [0.25, 0.3) is 0 Å². The van der Waals surface area contributed by atoms with Crippen LogP contribution in [0.15, 0.2) is 24.3 Å². The van der Waals surface area contributed by atoms with E-state index in [1.165, 1.54) is 11.3 Å². The van der Waals surface area contributed by atoms with Crippen molar-refractivity contribution in [1.82, 2.24) is 15.1 Å². The highest BCUT2D eigenvalue weighted by molar-refractivity contribution is 5.85. The molecule has 3 rings (SSSR count). The van der Waals surface area contributed by atoms with Crippen molar-refractivity contribution in [2.45, 2.75) is 13.0 Å². The summed E-state index contributed by atoms with van der Waals surface area (Å²) < 4.78 is 0. The van der Waals surface area contributed by atoms with Crippen LogP contribution in [0.4, 0.5) is 5.69 Å². The van der Waals surface area contributed by atoms with Crippen molar-refractivity contribution >= 4 is 36.4 Å². The van der Waals surface area contributed by atoms with Crippen LogP contribution in [0.25, 0.3) is 0 Å². The van der Waals surface area contributed by atoms with E-state index in [1.54, 1.807) is 0 Å². The highest BCUT2D eigenvalue weighted by Crippen LogP contribution is 2.23. The fraction of sp³-hybridized carbons (Fsp3) is 0.588. The Hall–Kier alpha value is -1.01. The van der Waals surface area contributed by atoms with E-state index < -0.39 is 0 Å². The van der Waals surface area contributed by atoms with Crippen LogP contribution in [0.2, 0.25) is 0 Å². The molecule has 0 atom stereocenters. The molecule has 1 N–H and O–H groups in total. The molecule has 1 amide bonds. The number of nitrogens with zero attached hydrogens (tertiary/aromatic N) is 3. The van der Waals surface area contributed by atoms with Gasteiger partial charge in [0.1, 0.15) is 0 Å². The van der Waals surface area contributed by atoms with Gasteiger partial charge in [0.15, 0.2) is 0 Å². The van der Waals surface area contributed by atoms with Crippen molar-refractivity contribution in [3.63, 3.8) is 0 Å². The van der Waals surface area contributed by atoms with E-state index in [2.05, 4.69) is 46.4 Å². The Kier molecular flexibility index (Phi) is 8.84. The predicted octanol–water partition coefficient (Wildman–Crippen LogP) is 1.60. The number of nitrogens with one attached hydrogen (secondary N) is 1. The van der Waals surface area contributed by atoms with Crippen molar-refractivity contribution in [1.29, 1.82) is 0 Å². The van der Waals surface area contributed by atoms with Gasteiger partial charge < -0.3 is 15.1 Å². The van der Waals surface area contributed by atoms with Crippen molar-refractivity contribution in [3.8, 4) is 0 Å². The molecule has 1 saturated heterocycles. The average molecular weight is 375 g/mol. The van der Waals surface area contributed by atoms with Gasteiger partial charge in [0.05, 0.1) is 0 Å². The van der Waals surface area contributed by atoms with Gasteiger partial charge in [-0.05, 0) is 11.6 Å². The number of carbonyl (C=O) groups excluding carboxylic acids is 1. The molecule has 2 aliphatic heterocycles. The molecule has 0 spiro atoms. The Morgan fingerprint density at radius 1 is 1.08 bits per heavy atom. The maximum atomic E-state index is 12.3. The van der Waals surface area contributed by atoms with E-state index in [0.717, 1.165) is 52.4 Å². The molecule has 0 aliphatic carbocycles. The number of anilines is 1. The van der Waals surface area contributed by atoms with Crippen molar-refractivity contribution in [2.75, 3.05) is 57.8 Å². The molecule has 0 saturated carbocycles. The quantitative estimate of drug-likeness (QED) is 0.871. The third kappa shape index (κ3) is 5.24. The number of benzene rings is 1. The summed E-state index contributed by atoms with van der Waals surface area (Å²) in [5, 5.41) is 3.29. The number of likely N-dealkylation sites (N-methyl/N-ethyl adjacent to an activating group) is 1. The van der Waals surface area contributed by atoms with Crippen molar-refractivity contribution in [3.05, 3.63) is 29.8 Å². The molecule has 136 valence electrons. The average Bonchev–Trinajstić information content (AvgIpc) is 2.73. The van der Waals surface area contributed by atoms with Gasteiger partial charge in [-0.15, -0.1) is 24.8 Å². The monoisotopic (exact) mass is 374 g/mol. The smallest absolute Gasteiger partial charge is 0.223 e. The number of piperazine rings is 1. The second-order valence-corrected chi connectivity index (χ2v) is 6.21. The van der Waals surface area contributed by atoms with Gasteiger partial charge in [0, 0.05) is 71.5 Å². The molecule has 1 aromatic carbocycles. The van der Waals surface area contributed by atoms with Crippen LogP contribution >= 0.6 is 24.8 Å². The third-order valence-corrected chi connectivity index (χ3v) is 4.66. The lowest BCUT2D eigenvalue weighted by Crippen LogP contribution is -2.47. The summed E-state index contributed by atoms with van der Waals surface area (Å²) in [5.41, 5.74) is 2.68. The first kappa shape index (κ1) is 21.0. The van der Waals surface area contributed by atoms with E-state index >= 15 is 0 Å². The minimum atomic E-state index is 0. The molecule has 2 aliphatic rings. The summed E-state index contributed by atoms with van der Waals surface area (Å²) in [6.07, 6.45) is 0.631. The highest BCUT2D eigenvalue weighted by atomic mass is 35.5. The largest absolute Gasteiger partial charge is 0.373 e. The second-order valence-electron chi connectivity index (χ2n) is 6.21. The molecule has 7 heteroatoms. The molecule has 1 fully saturated rings. The number of halogens is 2. The van der Waals surface area contributed by atoms with Crippen molar-refractivity contribution in [2.24, 2.45) is 0 Å². The number of carbonyl (C=O) groups is 1. The number of para-hydroxylation sites is 1. The van der Waals surface area contributed by atoms with Crippen LogP contribution in [0.1, 0.15) is 12.0 Å². The SMILES string of the molecule is CN1CCN(CCC(=O)N2CCNCC2)Cc2ccccc21.Cl.Cl. The molecule has 24 heavy (non-hydrogen) atoms. The lowest BCUT2D eigenvalue weighted by atomic mass is 10.1. The molecular weight excluding hydrogens is 347 g/mol. The van der Waals surface area contributed by atoms with E-state index in [4.69, 9.17) is 0 Å². The third-order valence-electron chi connectivity index (χ3n) is 4.66. The van der Waals surface area contributed by atoms with Crippen LogP contribution < -0.4 is 10.2 Å². The van der Waals surface area contributed by atoms with Crippen LogP contribution in [-0.4, -0.2) is 68.6 Å². The molecule has 0 bridgehead atoms. The molecule has 0 unspecified atom stereocenters. The van der Waals surface area contributed by atoms with Crippen LogP contribution in [0, 0.1) is 0 Å². The zero-order valence-electron chi connectivity index (χ0n) is 14.2. The lowest BCUT2D eigenvalue weighted by Gasteiger charge is -2.28. The van der Waals surface area contributed by atoms with Gasteiger partial charge >= 0.3 is 0 Å². The number of hydrogen-bond donors (Lipinski definition) is 1. The van der Waals surface area contributed by atoms with Gasteiger partial charge in [-0.3, -0.25) is 9.69 Å². The normalized spacial score (nSPS) is 18.0. The second kappa shape index (κ2) is 10.1. The zero-order valence-corrected chi connectivity index (χ0v) is 15.9. The Labute approximate surface area is 157 Å². The molecule has 1 aromatic rings. The summed E-state index contributed by atoms with van der Waals surface area (Å²) in [6.45, 7) is 7.37. The van der Waals surface area contributed by atoms with Gasteiger partial charge in [-0.1, -0.05) is 18.2 Å². The van der Waals surface area contributed by atoms with E-state index in [1.807, 2.05) is 4.90 Å². The molecular formula is C17H28Cl2N4O. The zero-order chi connectivity index (χ0) is 15.4. The summed E-state index contributed by atoms with van der Waals surface area (Å²) in [6, 6.07) is 8.58. The maximum absolute atomic E-state index is 12.3. The molecule has 2 heterocycles. The minimum absolute atomic E-state index is 0. The Balaban J connectivity index is 0.00000144. The van der Waals surface area contributed by atoms with E-state index in [-0.39, 0.29) is 24.8 Å². The van der Waals surface area contributed by atoms with Crippen molar-refractivity contribution < 1.29 is 4.79 Å². The van der Waals surface area contributed by atoms with Gasteiger partial charge in [-0.2, -0.15) is 0 Å². The summed E-state index contributed by atoms with van der Waals surface area (Å²) in [7, 11) is 2.15. The topological polar surface area (TPSA) is 38.8 Å². The molecule has 5 nitrogen and oxygen atoms in total. The number of hydrogen-bond acceptors (Lipinski definition) is 4. The fourth-order valence-electron chi connectivity index (χ4n) is 3.27. The Bertz CT molecular complexity index is 523. The van der Waals surface area contributed by atoms with Crippen LogP contribution in [0.5, 0.6) is 0 Å². The minimum Gasteiger partial charge on any atom is -0.373 e. The number of fused-ring (bicyclic) bond motifs is 1. The standard InChI is InChI=1S/C17H26N4O.2ClH/c1-19-12-13-20(14-15-4-2-3-5-16(15)19)9-6-17(22)21-10-7-18-8-11-21;;/h2-5,18H,6-14H2,1H3;2*1H. The predicted molar refractivity (Wildman–Crippen MR) is 104 cm³/mol. The first-order valence-electron chi connectivity index (χ1n) is 8.24. The summed E-state index contributed by atoms with van der Waals surface area (Å²) in [5.74, 6) is 0.299. The lowest BCUT2D eigenvalue weighted by molar-refractivity contribution is -0.132. The van der Waals surface area contributed by atoms with Crippen LogP contribution in [-0.2, 0) is 11.3 Å².